The van der Waals surface area contributed by atoms with E-state index in [1.54, 1.807) is 0 Å². The molecule has 0 aromatic heterocycles. The molecule has 0 nitrogen and oxygen atoms in total. The lowest BCUT2D eigenvalue weighted by molar-refractivity contribution is 0.434. The first-order valence-electron chi connectivity index (χ1n) is 5.08. The molecule has 1 aliphatic carbocycles. The highest BCUT2D eigenvalue weighted by Crippen LogP contribution is 2.29. The molecule has 2 unspecified atom stereocenters. The Labute approximate surface area is 81.0 Å². The summed E-state index contributed by atoms with van der Waals surface area (Å²) >= 11 is 6.17. The van der Waals surface area contributed by atoms with Gasteiger partial charge in [-0.2, -0.15) is 0 Å². The molecule has 0 N–H and O–H groups in total. The Balaban J connectivity index is 2.25. The van der Waals surface area contributed by atoms with Crippen molar-refractivity contribution in [2.24, 2.45) is 5.92 Å². The van der Waals surface area contributed by atoms with Crippen LogP contribution in [-0.4, -0.2) is 5.38 Å². The number of allylic oxidation sites excluding steroid dienone is 1. The summed E-state index contributed by atoms with van der Waals surface area (Å²) < 4.78 is 0. The average molecular weight is 187 g/mol. The van der Waals surface area contributed by atoms with Crippen LogP contribution in [0.4, 0.5) is 0 Å². The van der Waals surface area contributed by atoms with Crippen molar-refractivity contribution in [1.29, 1.82) is 0 Å². The first-order chi connectivity index (χ1) is 5.83. The molecule has 0 aromatic carbocycles. The number of alkyl halides is 1. The van der Waals surface area contributed by atoms with Crippen LogP contribution in [-0.2, 0) is 0 Å². The van der Waals surface area contributed by atoms with E-state index in [9.17, 15) is 0 Å². The number of halogens is 1. The van der Waals surface area contributed by atoms with Gasteiger partial charge >= 0.3 is 0 Å². The van der Waals surface area contributed by atoms with Gasteiger partial charge in [0.25, 0.3) is 0 Å². The summed E-state index contributed by atoms with van der Waals surface area (Å²) in [7, 11) is 0. The van der Waals surface area contributed by atoms with Crippen LogP contribution in [0.1, 0.15) is 44.9 Å². The smallest absolute Gasteiger partial charge is 0.0338 e. The van der Waals surface area contributed by atoms with Crippen molar-refractivity contribution in [2.45, 2.75) is 50.3 Å². The van der Waals surface area contributed by atoms with Crippen molar-refractivity contribution in [3.8, 4) is 0 Å². The van der Waals surface area contributed by atoms with E-state index in [1.165, 1.54) is 38.5 Å². The largest absolute Gasteiger partial charge is 0.123 e. The summed E-state index contributed by atoms with van der Waals surface area (Å²) in [5, 5.41) is 0.447. The lowest BCUT2D eigenvalue weighted by Crippen LogP contribution is -2.04. The van der Waals surface area contributed by atoms with Gasteiger partial charge in [0.15, 0.2) is 0 Å². The lowest BCUT2D eigenvalue weighted by Gasteiger charge is -2.14. The Morgan fingerprint density at radius 2 is 2.08 bits per heavy atom. The summed E-state index contributed by atoms with van der Waals surface area (Å²) in [4.78, 5) is 0. The van der Waals surface area contributed by atoms with Gasteiger partial charge in [-0.25, -0.2) is 0 Å². The molecular formula is C11H19Cl. The summed E-state index contributed by atoms with van der Waals surface area (Å²) in [6, 6.07) is 0. The molecule has 0 bridgehead atoms. The van der Waals surface area contributed by atoms with Crippen LogP contribution >= 0.6 is 11.6 Å². The SMILES string of the molecule is C=CCCC1CCCCC(Cl)C1. The van der Waals surface area contributed by atoms with Crippen LogP contribution in [0.15, 0.2) is 12.7 Å². The normalized spacial score (nSPS) is 31.1. The average Bonchev–Trinajstić information content (AvgIpc) is 2.26. The molecule has 70 valence electrons. The summed E-state index contributed by atoms with van der Waals surface area (Å²) in [5.74, 6) is 0.869. The fraction of sp³-hybridized carbons (Fsp3) is 0.818. The molecule has 0 saturated heterocycles. The number of hydrogen-bond donors (Lipinski definition) is 0. The minimum Gasteiger partial charge on any atom is -0.123 e. The third-order valence-electron chi connectivity index (χ3n) is 2.75. The number of rotatable bonds is 3. The van der Waals surface area contributed by atoms with E-state index < -0.39 is 0 Å². The van der Waals surface area contributed by atoms with E-state index in [0.29, 0.717) is 5.38 Å². The second kappa shape index (κ2) is 5.64. The fourth-order valence-electron chi connectivity index (χ4n) is 2.01. The quantitative estimate of drug-likeness (QED) is 0.353. The highest BCUT2D eigenvalue weighted by Gasteiger charge is 2.17. The van der Waals surface area contributed by atoms with Crippen LogP contribution in [0.5, 0.6) is 0 Å². The first kappa shape index (κ1) is 10.1. The Morgan fingerprint density at radius 1 is 1.33 bits per heavy atom. The van der Waals surface area contributed by atoms with Gasteiger partial charge in [-0.05, 0) is 31.6 Å². The van der Waals surface area contributed by atoms with Crippen molar-refractivity contribution in [1.82, 2.24) is 0 Å². The van der Waals surface area contributed by atoms with E-state index in [-0.39, 0.29) is 0 Å². The van der Waals surface area contributed by atoms with E-state index in [1.807, 2.05) is 6.08 Å². The Morgan fingerprint density at radius 3 is 2.83 bits per heavy atom. The second-order valence-electron chi connectivity index (χ2n) is 3.85. The minimum atomic E-state index is 0.447. The van der Waals surface area contributed by atoms with E-state index in [0.717, 1.165) is 12.3 Å². The molecule has 1 rings (SSSR count). The molecule has 2 atom stereocenters. The predicted molar refractivity (Wildman–Crippen MR) is 55.6 cm³/mol. The maximum atomic E-state index is 6.17. The van der Waals surface area contributed by atoms with Crippen molar-refractivity contribution in [3.63, 3.8) is 0 Å². The van der Waals surface area contributed by atoms with Gasteiger partial charge < -0.3 is 0 Å². The molecule has 1 saturated carbocycles. The van der Waals surface area contributed by atoms with Gasteiger partial charge in [-0.15, -0.1) is 18.2 Å². The second-order valence-corrected chi connectivity index (χ2v) is 4.47. The summed E-state index contributed by atoms with van der Waals surface area (Å²) in [6.07, 6.45) is 11.0. The van der Waals surface area contributed by atoms with Crippen molar-refractivity contribution in [2.75, 3.05) is 0 Å². The first-order valence-corrected chi connectivity index (χ1v) is 5.51. The summed E-state index contributed by atoms with van der Waals surface area (Å²) in [5.41, 5.74) is 0. The standard InChI is InChI=1S/C11H19Cl/c1-2-3-6-10-7-4-5-8-11(12)9-10/h2,10-11H,1,3-9H2. The van der Waals surface area contributed by atoms with Gasteiger partial charge in [0, 0.05) is 5.38 Å². The van der Waals surface area contributed by atoms with Crippen molar-refractivity contribution >= 4 is 11.6 Å². The maximum absolute atomic E-state index is 6.17. The van der Waals surface area contributed by atoms with Crippen LogP contribution in [0, 0.1) is 5.92 Å². The molecule has 1 aliphatic rings. The zero-order chi connectivity index (χ0) is 8.81. The maximum Gasteiger partial charge on any atom is 0.0338 e. The zero-order valence-corrected chi connectivity index (χ0v) is 8.52. The molecule has 1 heteroatoms. The summed E-state index contributed by atoms with van der Waals surface area (Å²) in [6.45, 7) is 3.75. The monoisotopic (exact) mass is 186 g/mol. The molecule has 0 amide bonds. The van der Waals surface area contributed by atoms with Gasteiger partial charge in [0.05, 0.1) is 0 Å². The number of hydrogen-bond acceptors (Lipinski definition) is 0. The van der Waals surface area contributed by atoms with E-state index in [4.69, 9.17) is 11.6 Å². The van der Waals surface area contributed by atoms with Crippen LogP contribution in [0.25, 0.3) is 0 Å². The van der Waals surface area contributed by atoms with E-state index in [2.05, 4.69) is 6.58 Å². The Bertz CT molecular complexity index is 131. The van der Waals surface area contributed by atoms with Gasteiger partial charge in [-0.1, -0.05) is 25.3 Å². The lowest BCUT2D eigenvalue weighted by atomic mass is 9.95. The Kier molecular flexibility index (Phi) is 4.75. The van der Waals surface area contributed by atoms with Gasteiger partial charge in [-0.3, -0.25) is 0 Å². The van der Waals surface area contributed by atoms with Gasteiger partial charge in [0.2, 0.25) is 0 Å². The Hall–Kier alpha value is 0.0300. The molecule has 0 heterocycles. The molecule has 12 heavy (non-hydrogen) atoms. The van der Waals surface area contributed by atoms with Crippen LogP contribution < -0.4 is 0 Å². The fourth-order valence-corrected chi connectivity index (χ4v) is 2.42. The highest BCUT2D eigenvalue weighted by atomic mass is 35.5. The van der Waals surface area contributed by atoms with E-state index >= 15 is 0 Å². The van der Waals surface area contributed by atoms with Crippen molar-refractivity contribution < 1.29 is 0 Å². The molecule has 0 aliphatic heterocycles. The third kappa shape index (κ3) is 3.62. The third-order valence-corrected chi connectivity index (χ3v) is 3.14. The van der Waals surface area contributed by atoms with Crippen molar-refractivity contribution in [3.05, 3.63) is 12.7 Å². The van der Waals surface area contributed by atoms with Crippen LogP contribution in [0.3, 0.4) is 0 Å². The molecule has 0 spiro atoms. The van der Waals surface area contributed by atoms with Crippen LogP contribution in [0.2, 0.25) is 0 Å². The zero-order valence-electron chi connectivity index (χ0n) is 7.77. The van der Waals surface area contributed by atoms with Gasteiger partial charge in [0.1, 0.15) is 0 Å². The predicted octanol–water partition coefficient (Wildman–Crippen LogP) is 4.14. The molecule has 1 fully saturated rings. The minimum absolute atomic E-state index is 0.447. The molecule has 0 radical (unpaired) electrons. The highest BCUT2D eigenvalue weighted by molar-refractivity contribution is 6.20. The molecular weight excluding hydrogens is 168 g/mol. The molecule has 0 aromatic rings. The topological polar surface area (TPSA) is 0 Å².